The second kappa shape index (κ2) is 3.93. The molecule has 0 bridgehead atoms. The van der Waals surface area contributed by atoms with Crippen LogP contribution in [0, 0.1) is 0 Å². The van der Waals surface area contributed by atoms with Gasteiger partial charge in [-0.05, 0) is 18.6 Å². The predicted molar refractivity (Wildman–Crippen MR) is 34.7 cm³/mol. The molecule has 1 fully saturated rings. The van der Waals surface area contributed by atoms with Gasteiger partial charge in [-0.2, -0.15) is 8.78 Å². The molecule has 3 heteroatoms. The van der Waals surface area contributed by atoms with Gasteiger partial charge < -0.3 is 0 Å². The van der Waals surface area contributed by atoms with E-state index in [9.17, 15) is 13.6 Å². The molecule has 0 aromatic heterocycles. The quantitative estimate of drug-likeness (QED) is 0.479. The zero-order chi connectivity index (χ0) is 8.15. The van der Waals surface area contributed by atoms with Crippen molar-refractivity contribution >= 4 is 5.78 Å². The highest BCUT2D eigenvalue weighted by molar-refractivity contribution is 6.00. The summed E-state index contributed by atoms with van der Waals surface area (Å²) in [4.78, 5) is 10.1. The average molecular weight is 146 g/mol. The highest BCUT2D eigenvalue weighted by atomic mass is 19.3. The molecule has 1 saturated carbocycles. The summed E-state index contributed by atoms with van der Waals surface area (Å²) in [6, 6.07) is 0. The van der Waals surface area contributed by atoms with E-state index < -0.39 is 6.08 Å². The molecule has 1 nitrogen and oxygen atoms in total. The summed E-state index contributed by atoms with van der Waals surface area (Å²) >= 11 is 0. The Kier molecular flexibility index (Phi) is 3.54. The van der Waals surface area contributed by atoms with E-state index in [2.05, 4.69) is 13.2 Å². The van der Waals surface area contributed by atoms with Gasteiger partial charge in [-0.15, -0.1) is 0 Å². The van der Waals surface area contributed by atoms with Crippen LogP contribution in [0.3, 0.4) is 0 Å². The minimum atomic E-state index is -1.83. The van der Waals surface area contributed by atoms with Gasteiger partial charge in [0.2, 0.25) is 0 Å². The van der Waals surface area contributed by atoms with Crippen LogP contribution in [-0.4, -0.2) is 5.78 Å². The maximum atomic E-state index is 10.1. The monoisotopic (exact) mass is 146 g/mol. The number of carbonyl (C=O) groups is 1. The Morgan fingerprint density at radius 3 is 1.70 bits per heavy atom. The molecule has 0 aromatic carbocycles. The number of hydrogen-bond donors (Lipinski definition) is 0. The fourth-order valence-corrected chi connectivity index (χ4v) is 0.404. The largest absolute Gasteiger partial charge is 0.295 e. The third-order valence-electron chi connectivity index (χ3n) is 1.05. The first-order valence-corrected chi connectivity index (χ1v) is 2.75. The molecule has 0 atom stereocenters. The Balaban J connectivity index is 0.000000180. The van der Waals surface area contributed by atoms with Crippen molar-refractivity contribution in [1.29, 1.82) is 0 Å². The molecule has 56 valence electrons. The summed E-state index contributed by atoms with van der Waals surface area (Å²) in [6.45, 7) is 5.71. The van der Waals surface area contributed by atoms with Crippen LogP contribution >= 0.6 is 0 Å². The van der Waals surface area contributed by atoms with Gasteiger partial charge in [0.05, 0.1) is 0 Å². The lowest BCUT2D eigenvalue weighted by atomic mass is 9.93. The van der Waals surface area contributed by atoms with Crippen molar-refractivity contribution in [3.05, 3.63) is 24.8 Å². The van der Waals surface area contributed by atoms with Crippen molar-refractivity contribution in [1.82, 2.24) is 0 Å². The van der Waals surface area contributed by atoms with Gasteiger partial charge in [0.1, 0.15) is 0 Å². The second-order valence-electron chi connectivity index (χ2n) is 1.87. The van der Waals surface area contributed by atoms with Crippen molar-refractivity contribution in [2.75, 3.05) is 0 Å². The van der Waals surface area contributed by atoms with Crippen LogP contribution in [0.2, 0.25) is 0 Å². The maximum absolute atomic E-state index is 10.1. The Hall–Kier alpha value is -0.990. The SMILES string of the molecule is C=C(F)F.C=C1CCC1=O. The highest BCUT2D eigenvalue weighted by Crippen LogP contribution is 2.17. The molecule has 1 aliphatic rings. The van der Waals surface area contributed by atoms with Gasteiger partial charge >= 0.3 is 0 Å². The second-order valence-corrected chi connectivity index (χ2v) is 1.87. The van der Waals surface area contributed by atoms with Crippen LogP contribution in [-0.2, 0) is 4.79 Å². The normalized spacial score (nSPS) is 15.0. The zero-order valence-electron chi connectivity index (χ0n) is 5.49. The third kappa shape index (κ3) is 3.95. The Bertz CT molecular complexity index is 154. The van der Waals surface area contributed by atoms with Gasteiger partial charge in [0.25, 0.3) is 6.08 Å². The minimum absolute atomic E-state index is 0.245. The van der Waals surface area contributed by atoms with Gasteiger partial charge in [-0.3, -0.25) is 4.79 Å². The summed E-state index contributed by atoms with van der Waals surface area (Å²) in [7, 11) is 0. The van der Waals surface area contributed by atoms with E-state index >= 15 is 0 Å². The molecular formula is C7H8F2O. The Morgan fingerprint density at radius 2 is 1.70 bits per heavy atom. The number of hydrogen-bond acceptors (Lipinski definition) is 1. The van der Waals surface area contributed by atoms with Crippen LogP contribution in [0.4, 0.5) is 8.78 Å². The molecular weight excluding hydrogens is 138 g/mol. The smallest absolute Gasteiger partial charge is 0.263 e. The number of halogens is 2. The lowest BCUT2D eigenvalue weighted by Gasteiger charge is -2.10. The molecule has 0 saturated heterocycles. The fourth-order valence-electron chi connectivity index (χ4n) is 0.404. The highest BCUT2D eigenvalue weighted by Gasteiger charge is 2.16. The van der Waals surface area contributed by atoms with Crippen LogP contribution in [0.15, 0.2) is 24.8 Å². The van der Waals surface area contributed by atoms with Crippen molar-refractivity contribution in [2.45, 2.75) is 12.8 Å². The van der Waals surface area contributed by atoms with Crippen molar-refractivity contribution in [3.63, 3.8) is 0 Å². The van der Waals surface area contributed by atoms with E-state index in [-0.39, 0.29) is 5.78 Å². The molecule has 1 rings (SSSR count). The van der Waals surface area contributed by atoms with Crippen molar-refractivity contribution < 1.29 is 13.6 Å². The Labute approximate surface area is 58.0 Å². The molecule has 0 spiro atoms. The fraction of sp³-hybridized carbons (Fsp3) is 0.286. The molecule has 0 aliphatic heterocycles. The van der Waals surface area contributed by atoms with Crippen LogP contribution in [0.25, 0.3) is 0 Å². The topological polar surface area (TPSA) is 17.1 Å². The Morgan fingerprint density at radius 1 is 1.40 bits per heavy atom. The standard InChI is InChI=1S/C5H6O.C2H2F2/c1-4-2-3-5(4)6;1-2(3)4/h1-3H2;1H2. The number of allylic oxidation sites excluding steroid dienone is 1. The first-order valence-electron chi connectivity index (χ1n) is 2.75. The first-order chi connectivity index (χ1) is 4.54. The molecule has 0 aromatic rings. The van der Waals surface area contributed by atoms with Gasteiger partial charge in [0.15, 0.2) is 5.78 Å². The van der Waals surface area contributed by atoms with Crippen LogP contribution in [0.1, 0.15) is 12.8 Å². The third-order valence-corrected chi connectivity index (χ3v) is 1.05. The summed E-state index contributed by atoms with van der Waals surface area (Å²) in [5.74, 6) is 0.245. The van der Waals surface area contributed by atoms with E-state index in [1.54, 1.807) is 0 Å². The molecule has 1 aliphatic carbocycles. The zero-order valence-corrected chi connectivity index (χ0v) is 5.49. The summed E-state index contributed by atoms with van der Waals surface area (Å²) in [5.41, 5.74) is 0.801. The predicted octanol–water partition coefficient (Wildman–Crippen LogP) is 2.30. The molecule has 0 unspecified atom stereocenters. The molecule has 0 N–H and O–H groups in total. The van der Waals surface area contributed by atoms with Crippen molar-refractivity contribution in [3.8, 4) is 0 Å². The number of Topliss-reactive ketones (excluding diaryl/α,β-unsaturated/α-hetero) is 1. The van der Waals surface area contributed by atoms with Crippen molar-refractivity contribution in [2.24, 2.45) is 0 Å². The molecule has 0 amide bonds. The summed E-state index contributed by atoms with van der Waals surface area (Å²) < 4.78 is 20.3. The van der Waals surface area contributed by atoms with Gasteiger partial charge in [0, 0.05) is 6.42 Å². The van der Waals surface area contributed by atoms with E-state index in [4.69, 9.17) is 0 Å². The van der Waals surface area contributed by atoms with E-state index in [0.29, 0.717) is 0 Å². The lowest BCUT2D eigenvalue weighted by molar-refractivity contribution is -0.118. The molecule has 0 heterocycles. The number of rotatable bonds is 0. The molecule has 0 radical (unpaired) electrons. The van der Waals surface area contributed by atoms with Gasteiger partial charge in [-0.25, -0.2) is 0 Å². The average Bonchev–Trinajstić information content (AvgIpc) is 1.83. The van der Waals surface area contributed by atoms with Gasteiger partial charge in [-0.1, -0.05) is 6.58 Å². The van der Waals surface area contributed by atoms with E-state index in [1.165, 1.54) is 0 Å². The van der Waals surface area contributed by atoms with Crippen LogP contribution < -0.4 is 0 Å². The lowest BCUT2D eigenvalue weighted by Crippen LogP contribution is -2.11. The number of ketones is 1. The minimum Gasteiger partial charge on any atom is -0.295 e. The summed E-state index contributed by atoms with van der Waals surface area (Å²) in [6.07, 6.45) is -0.169. The maximum Gasteiger partial charge on any atom is 0.263 e. The van der Waals surface area contributed by atoms with E-state index in [0.717, 1.165) is 18.4 Å². The first kappa shape index (κ1) is 9.01. The summed E-state index contributed by atoms with van der Waals surface area (Å²) in [5, 5.41) is 0. The number of carbonyl (C=O) groups excluding carboxylic acids is 1. The molecule has 10 heavy (non-hydrogen) atoms. The van der Waals surface area contributed by atoms with E-state index in [1.807, 2.05) is 0 Å². The van der Waals surface area contributed by atoms with Crippen LogP contribution in [0.5, 0.6) is 0 Å².